The van der Waals surface area contributed by atoms with Gasteiger partial charge in [-0.3, -0.25) is 4.98 Å². The lowest BCUT2D eigenvalue weighted by Crippen LogP contribution is -2.37. The van der Waals surface area contributed by atoms with Gasteiger partial charge in [-0.15, -0.1) is 0 Å². The first kappa shape index (κ1) is 15.1. The second-order valence-corrected chi connectivity index (χ2v) is 5.05. The summed E-state index contributed by atoms with van der Waals surface area (Å²) < 4.78 is 9.38. The first-order valence-electron chi connectivity index (χ1n) is 5.87. The third-order valence-corrected chi connectivity index (χ3v) is 2.08. The highest BCUT2D eigenvalue weighted by molar-refractivity contribution is 5.85. The largest absolute Gasteiger partial charge is 0.516 e. The van der Waals surface area contributed by atoms with Gasteiger partial charge in [0, 0.05) is 12.4 Å². The Morgan fingerprint density at radius 2 is 1.89 bits per heavy atom. The van der Waals surface area contributed by atoms with E-state index in [1.807, 2.05) is 0 Å². The SMILES string of the molecule is CC(C)(C)OC(=O)OC(=O)[C@@H](N)Cc1ccncc1. The van der Waals surface area contributed by atoms with Crippen LogP contribution in [0.1, 0.15) is 26.3 Å². The minimum Gasteiger partial charge on any atom is -0.428 e. The molecule has 0 saturated heterocycles. The Kier molecular flexibility index (Phi) is 5.00. The zero-order chi connectivity index (χ0) is 14.5. The van der Waals surface area contributed by atoms with Crippen molar-refractivity contribution in [2.75, 3.05) is 0 Å². The summed E-state index contributed by atoms with van der Waals surface area (Å²) in [4.78, 5) is 26.7. The van der Waals surface area contributed by atoms with Gasteiger partial charge in [0.25, 0.3) is 0 Å². The van der Waals surface area contributed by atoms with E-state index in [0.717, 1.165) is 5.56 Å². The van der Waals surface area contributed by atoms with Gasteiger partial charge in [-0.25, -0.2) is 9.59 Å². The average molecular weight is 266 g/mol. The van der Waals surface area contributed by atoms with Crippen molar-refractivity contribution < 1.29 is 19.1 Å². The van der Waals surface area contributed by atoms with Crippen LogP contribution in [0.25, 0.3) is 0 Å². The molecule has 104 valence electrons. The van der Waals surface area contributed by atoms with Crippen molar-refractivity contribution in [3.63, 3.8) is 0 Å². The number of esters is 1. The van der Waals surface area contributed by atoms with Gasteiger partial charge in [0.2, 0.25) is 0 Å². The van der Waals surface area contributed by atoms with Gasteiger partial charge in [0.1, 0.15) is 11.6 Å². The molecule has 1 aromatic rings. The van der Waals surface area contributed by atoms with Crippen LogP contribution in [0.5, 0.6) is 0 Å². The van der Waals surface area contributed by atoms with E-state index in [4.69, 9.17) is 10.5 Å². The number of carbonyl (C=O) groups excluding carboxylic acids is 2. The Bertz CT molecular complexity index is 440. The molecule has 0 unspecified atom stereocenters. The van der Waals surface area contributed by atoms with Crippen molar-refractivity contribution in [3.8, 4) is 0 Å². The van der Waals surface area contributed by atoms with Crippen LogP contribution in [0.3, 0.4) is 0 Å². The predicted molar refractivity (Wildman–Crippen MR) is 68.2 cm³/mol. The summed E-state index contributed by atoms with van der Waals surface area (Å²) in [6.45, 7) is 5.03. The maximum absolute atomic E-state index is 11.6. The lowest BCUT2D eigenvalue weighted by atomic mass is 10.1. The van der Waals surface area contributed by atoms with Gasteiger partial charge in [0.05, 0.1) is 0 Å². The number of nitrogens with two attached hydrogens (primary N) is 1. The second kappa shape index (κ2) is 6.29. The Labute approximate surface area is 111 Å². The Hall–Kier alpha value is -1.95. The quantitative estimate of drug-likeness (QED) is 0.657. The summed E-state index contributed by atoms with van der Waals surface area (Å²) >= 11 is 0. The molecule has 1 aromatic heterocycles. The van der Waals surface area contributed by atoms with Crippen LogP contribution in [0.4, 0.5) is 4.79 Å². The minimum absolute atomic E-state index is 0.268. The van der Waals surface area contributed by atoms with E-state index < -0.39 is 23.8 Å². The molecule has 6 nitrogen and oxygen atoms in total. The summed E-state index contributed by atoms with van der Waals surface area (Å²) in [5.41, 5.74) is 5.78. The molecule has 0 saturated carbocycles. The fourth-order valence-corrected chi connectivity index (χ4v) is 1.28. The molecule has 1 heterocycles. The molecule has 0 aliphatic carbocycles. The molecule has 0 aromatic carbocycles. The van der Waals surface area contributed by atoms with Gasteiger partial charge in [-0.05, 0) is 44.9 Å². The molecule has 1 rings (SSSR count). The highest BCUT2D eigenvalue weighted by Crippen LogP contribution is 2.09. The normalized spacial score (nSPS) is 12.6. The summed E-state index contributed by atoms with van der Waals surface area (Å²) in [5.74, 6) is -0.814. The van der Waals surface area contributed by atoms with Crippen molar-refractivity contribution in [2.45, 2.75) is 38.8 Å². The van der Waals surface area contributed by atoms with Crippen molar-refractivity contribution in [1.82, 2.24) is 4.98 Å². The van der Waals surface area contributed by atoms with E-state index in [1.165, 1.54) is 0 Å². The van der Waals surface area contributed by atoms with Crippen LogP contribution < -0.4 is 5.73 Å². The molecule has 1 atom stereocenters. The van der Waals surface area contributed by atoms with E-state index in [9.17, 15) is 9.59 Å². The van der Waals surface area contributed by atoms with E-state index in [0.29, 0.717) is 0 Å². The molecule has 2 N–H and O–H groups in total. The first-order valence-corrected chi connectivity index (χ1v) is 5.87. The summed E-state index contributed by atoms with van der Waals surface area (Å²) in [7, 11) is 0. The molecular formula is C13H18N2O4. The highest BCUT2D eigenvalue weighted by atomic mass is 16.7. The topological polar surface area (TPSA) is 91.5 Å². The number of pyridine rings is 1. The summed E-state index contributed by atoms with van der Waals surface area (Å²) in [6.07, 6.45) is 2.43. The predicted octanol–water partition coefficient (Wildman–Crippen LogP) is 1.43. The van der Waals surface area contributed by atoms with Crippen LogP contribution in [0.2, 0.25) is 0 Å². The Balaban J connectivity index is 2.47. The molecule has 0 fully saturated rings. The van der Waals surface area contributed by atoms with E-state index in [1.54, 1.807) is 45.3 Å². The standard InChI is InChI=1S/C13H18N2O4/c1-13(2,3)19-12(17)18-11(16)10(14)8-9-4-6-15-7-5-9/h4-7,10H,8,14H2,1-3H3/t10-/m0/s1. The monoisotopic (exact) mass is 266 g/mol. The maximum atomic E-state index is 11.6. The number of hydrogen-bond donors (Lipinski definition) is 1. The first-order chi connectivity index (χ1) is 8.78. The fraction of sp³-hybridized carbons (Fsp3) is 0.462. The summed E-state index contributed by atoms with van der Waals surface area (Å²) in [5, 5.41) is 0. The number of ether oxygens (including phenoxy) is 2. The Morgan fingerprint density at radius 3 is 2.42 bits per heavy atom. The van der Waals surface area contributed by atoms with Crippen LogP contribution in [0, 0.1) is 0 Å². The number of aromatic nitrogens is 1. The molecule has 0 amide bonds. The highest BCUT2D eigenvalue weighted by Gasteiger charge is 2.23. The van der Waals surface area contributed by atoms with Crippen LogP contribution in [0.15, 0.2) is 24.5 Å². The van der Waals surface area contributed by atoms with Gasteiger partial charge >= 0.3 is 12.1 Å². The smallest absolute Gasteiger partial charge is 0.428 e. The lowest BCUT2D eigenvalue weighted by Gasteiger charge is -2.19. The number of carbonyl (C=O) groups is 2. The zero-order valence-electron chi connectivity index (χ0n) is 11.3. The summed E-state index contributed by atoms with van der Waals surface area (Å²) in [6, 6.07) is 2.55. The third-order valence-electron chi connectivity index (χ3n) is 2.08. The van der Waals surface area contributed by atoms with Gasteiger partial charge in [-0.2, -0.15) is 0 Å². The zero-order valence-corrected chi connectivity index (χ0v) is 11.3. The molecule has 0 bridgehead atoms. The number of nitrogens with zero attached hydrogens (tertiary/aromatic N) is 1. The van der Waals surface area contributed by atoms with Crippen molar-refractivity contribution >= 4 is 12.1 Å². The Morgan fingerprint density at radius 1 is 1.32 bits per heavy atom. The maximum Gasteiger partial charge on any atom is 0.516 e. The minimum atomic E-state index is -1.04. The van der Waals surface area contributed by atoms with Gasteiger partial charge in [0.15, 0.2) is 0 Å². The van der Waals surface area contributed by atoms with Crippen LogP contribution in [-0.2, 0) is 20.7 Å². The third kappa shape index (κ3) is 5.96. The molecule has 6 heteroatoms. The number of rotatable bonds is 3. The van der Waals surface area contributed by atoms with Gasteiger partial charge in [-0.1, -0.05) is 0 Å². The van der Waals surface area contributed by atoms with Gasteiger partial charge < -0.3 is 15.2 Å². The number of hydrogen-bond acceptors (Lipinski definition) is 6. The van der Waals surface area contributed by atoms with Crippen molar-refractivity contribution in [1.29, 1.82) is 0 Å². The van der Waals surface area contributed by atoms with Crippen LogP contribution >= 0.6 is 0 Å². The molecule has 0 aliphatic heterocycles. The fourth-order valence-electron chi connectivity index (χ4n) is 1.28. The van der Waals surface area contributed by atoms with E-state index >= 15 is 0 Å². The van der Waals surface area contributed by atoms with E-state index in [2.05, 4.69) is 9.72 Å². The lowest BCUT2D eigenvalue weighted by molar-refractivity contribution is -0.142. The van der Waals surface area contributed by atoms with Crippen molar-refractivity contribution in [3.05, 3.63) is 30.1 Å². The van der Waals surface area contributed by atoms with E-state index in [-0.39, 0.29) is 6.42 Å². The second-order valence-electron chi connectivity index (χ2n) is 5.05. The molecule has 19 heavy (non-hydrogen) atoms. The molecule has 0 radical (unpaired) electrons. The molecule has 0 aliphatic rings. The van der Waals surface area contributed by atoms with Crippen LogP contribution in [-0.4, -0.2) is 28.8 Å². The average Bonchev–Trinajstić information content (AvgIpc) is 2.27. The molecular weight excluding hydrogens is 248 g/mol. The molecule has 0 spiro atoms. The van der Waals surface area contributed by atoms with Crippen molar-refractivity contribution in [2.24, 2.45) is 5.73 Å².